The molecule has 2 aromatic heterocycles. The van der Waals surface area contributed by atoms with Crippen LogP contribution in [0.2, 0.25) is 0 Å². The molecule has 0 aliphatic heterocycles. The Morgan fingerprint density at radius 2 is 1.81 bits per heavy atom. The maximum atomic E-state index is 6.19. The second kappa shape index (κ2) is 4.41. The van der Waals surface area contributed by atoms with Crippen molar-refractivity contribution >= 4 is 0 Å². The maximum absolute atomic E-state index is 6.19. The second-order valence-corrected chi connectivity index (χ2v) is 3.95. The Balaban J connectivity index is 2.37. The fourth-order valence-electron chi connectivity index (χ4n) is 1.80. The summed E-state index contributed by atoms with van der Waals surface area (Å²) in [5.41, 5.74) is 10.3. The Bertz CT molecular complexity index is 460. The molecular weight excluding hydrogens is 198 g/mol. The van der Waals surface area contributed by atoms with E-state index in [1.807, 2.05) is 38.1 Å². The van der Waals surface area contributed by atoms with E-state index < -0.39 is 0 Å². The zero-order chi connectivity index (χ0) is 11.5. The van der Waals surface area contributed by atoms with Crippen LogP contribution in [-0.2, 0) is 0 Å². The van der Waals surface area contributed by atoms with E-state index in [1.165, 1.54) is 0 Å². The van der Waals surface area contributed by atoms with E-state index in [4.69, 9.17) is 5.73 Å². The minimum Gasteiger partial charge on any atom is -0.320 e. The molecule has 0 saturated heterocycles. The average Bonchev–Trinajstić information content (AvgIpc) is 2.28. The van der Waals surface area contributed by atoms with Crippen LogP contribution >= 0.6 is 0 Å². The number of rotatable bonds is 2. The highest BCUT2D eigenvalue weighted by Crippen LogP contribution is 2.19. The van der Waals surface area contributed by atoms with E-state index in [0.717, 1.165) is 22.5 Å². The number of aryl methyl sites for hydroxylation is 2. The molecule has 16 heavy (non-hydrogen) atoms. The number of nitrogens with zero attached hydrogens (tertiary/aromatic N) is 2. The van der Waals surface area contributed by atoms with E-state index >= 15 is 0 Å². The minimum atomic E-state index is -0.130. The van der Waals surface area contributed by atoms with Gasteiger partial charge in [-0.3, -0.25) is 9.97 Å². The lowest BCUT2D eigenvalue weighted by atomic mass is 10.0. The molecule has 0 aliphatic carbocycles. The monoisotopic (exact) mass is 213 g/mol. The van der Waals surface area contributed by atoms with Crippen LogP contribution in [0.1, 0.15) is 28.6 Å². The SMILES string of the molecule is Cc1cc(C(N)c2cccnc2)cc(C)n1. The lowest BCUT2D eigenvalue weighted by molar-refractivity contribution is 0.852. The topological polar surface area (TPSA) is 51.8 Å². The summed E-state index contributed by atoms with van der Waals surface area (Å²) in [6, 6.07) is 7.79. The molecule has 0 radical (unpaired) electrons. The third kappa shape index (κ3) is 2.25. The van der Waals surface area contributed by atoms with Crippen molar-refractivity contribution in [3.8, 4) is 0 Å². The molecule has 1 unspecified atom stereocenters. The highest BCUT2D eigenvalue weighted by Gasteiger charge is 2.09. The predicted octanol–water partition coefficient (Wildman–Crippen LogP) is 2.14. The second-order valence-electron chi connectivity index (χ2n) is 3.95. The third-order valence-corrected chi connectivity index (χ3v) is 2.51. The van der Waals surface area contributed by atoms with Gasteiger partial charge in [0.05, 0.1) is 6.04 Å². The first-order chi connectivity index (χ1) is 7.66. The van der Waals surface area contributed by atoms with E-state index in [-0.39, 0.29) is 6.04 Å². The fraction of sp³-hybridized carbons (Fsp3) is 0.231. The lowest BCUT2D eigenvalue weighted by Crippen LogP contribution is -2.12. The molecule has 0 spiro atoms. The number of aromatic nitrogens is 2. The van der Waals surface area contributed by atoms with Crippen LogP contribution in [0.5, 0.6) is 0 Å². The maximum Gasteiger partial charge on any atom is 0.0568 e. The van der Waals surface area contributed by atoms with Gasteiger partial charge in [0, 0.05) is 23.8 Å². The quantitative estimate of drug-likeness (QED) is 0.831. The van der Waals surface area contributed by atoms with Gasteiger partial charge in [-0.1, -0.05) is 6.07 Å². The van der Waals surface area contributed by atoms with Crippen molar-refractivity contribution in [3.05, 3.63) is 59.2 Å². The molecule has 0 bridgehead atoms. The Hall–Kier alpha value is -1.74. The summed E-state index contributed by atoms with van der Waals surface area (Å²) in [6.07, 6.45) is 3.55. The van der Waals surface area contributed by atoms with Crippen LogP contribution in [0.25, 0.3) is 0 Å². The lowest BCUT2D eigenvalue weighted by Gasteiger charge is -2.13. The highest BCUT2D eigenvalue weighted by molar-refractivity contribution is 5.31. The number of pyridine rings is 2. The van der Waals surface area contributed by atoms with E-state index in [0.29, 0.717) is 0 Å². The molecule has 82 valence electrons. The smallest absolute Gasteiger partial charge is 0.0568 e. The van der Waals surface area contributed by atoms with Gasteiger partial charge in [0.2, 0.25) is 0 Å². The van der Waals surface area contributed by atoms with E-state index in [9.17, 15) is 0 Å². The Kier molecular flexibility index (Phi) is 2.97. The van der Waals surface area contributed by atoms with Crippen molar-refractivity contribution in [2.24, 2.45) is 5.73 Å². The highest BCUT2D eigenvalue weighted by atomic mass is 14.7. The van der Waals surface area contributed by atoms with Crippen molar-refractivity contribution in [2.45, 2.75) is 19.9 Å². The molecule has 3 heteroatoms. The standard InChI is InChI=1S/C13H15N3/c1-9-6-12(7-10(2)16-9)13(14)11-4-3-5-15-8-11/h3-8,13H,14H2,1-2H3. The van der Waals surface area contributed by atoms with Crippen molar-refractivity contribution in [2.75, 3.05) is 0 Å². The van der Waals surface area contributed by atoms with Gasteiger partial charge in [0.1, 0.15) is 0 Å². The van der Waals surface area contributed by atoms with Gasteiger partial charge in [0.25, 0.3) is 0 Å². The third-order valence-electron chi connectivity index (χ3n) is 2.51. The van der Waals surface area contributed by atoms with Gasteiger partial charge in [0.15, 0.2) is 0 Å². The molecule has 2 rings (SSSR count). The Morgan fingerprint density at radius 3 is 2.38 bits per heavy atom. The average molecular weight is 213 g/mol. The summed E-state index contributed by atoms with van der Waals surface area (Å²) in [5.74, 6) is 0. The summed E-state index contributed by atoms with van der Waals surface area (Å²) in [5, 5.41) is 0. The molecule has 0 aromatic carbocycles. The molecule has 2 heterocycles. The van der Waals surface area contributed by atoms with Crippen LogP contribution in [0.4, 0.5) is 0 Å². The molecule has 3 nitrogen and oxygen atoms in total. The first kappa shape index (κ1) is 10.8. The number of hydrogen-bond donors (Lipinski definition) is 1. The zero-order valence-electron chi connectivity index (χ0n) is 9.51. The fourth-order valence-corrected chi connectivity index (χ4v) is 1.80. The van der Waals surface area contributed by atoms with Crippen LogP contribution in [0.3, 0.4) is 0 Å². The zero-order valence-corrected chi connectivity index (χ0v) is 9.51. The summed E-state index contributed by atoms with van der Waals surface area (Å²) in [7, 11) is 0. The van der Waals surface area contributed by atoms with Crippen LogP contribution in [0.15, 0.2) is 36.7 Å². The first-order valence-electron chi connectivity index (χ1n) is 5.27. The summed E-state index contributed by atoms with van der Waals surface area (Å²) in [4.78, 5) is 8.42. The van der Waals surface area contributed by atoms with Gasteiger partial charge in [-0.15, -0.1) is 0 Å². The van der Waals surface area contributed by atoms with Crippen LogP contribution in [0, 0.1) is 13.8 Å². The van der Waals surface area contributed by atoms with Gasteiger partial charge in [-0.05, 0) is 43.2 Å². The van der Waals surface area contributed by atoms with E-state index in [1.54, 1.807) is 12.4 Å². The Labute approximate surface area is 95.4 Å². The van der Waals surface area contributed by atoms with Gasteiger partial charge < -0.3 is 5.73 Å². The summed E-state index contributed by atoms with van der Waals surface area (Å²) in [6.45, 7) is 3.96. The largest absolute Gasteiger partial charge is 0.320 e. The van der Waals surface area contributed by atoms with Gasteiger partial charge in [-0.2, -0.15) is 0 Å². The van der Waals surface area contributed by atoms with Crippen molar-refractivity contribution < 1.29 is 0 Å². The molecular formula is C13H15N3. The number of nitrogens with two attached hydrogens (primary N) is 1. The molecule has 0 amide bonds. The first-order valence-corrected chi connectivity index (χ1v) is 5.27. The summed E-state index contributed by atoms with van der Waals surface area (Å²) < 4.78 is 0. The molecule has 0 saturated carbocycles. The molecule has 0 aliphatic rings. The van der Waals surface area contributed by atoms with Crippen LogP contribution in [-0.4, -0.2) is 9.97 Å². The summed E-state index contributed by atoms with van der Waals surface area (Å²) >= 11 is 0. The molecule has 1 atom stereocenters. The van der Waals surface area contributed by atoms with Crippen molar-refractivity contribution in [1.29, 1.82) is 0 Å². The van der Waals surface area contributed by atoms with Crippen LogP contribution < -0.4 is 5.73 Å². The number of hydrogen-bond acceptors (Lipinski definition) is 3. The molecule has 2 N–H and O–H groups in total. The van der Waals surface area contributed by atoms with Crippen molar-refractivity contribution in [1.82, 2.24) is 9.97 Å². The van der Waals surface area contributed by atoms with Gasteiger partial charge >= 0.3 is 0 Å². The minimum absolute atomic E-state index is 0.130. The molecule has 0 fully saturated rings. The van der Waals surface area contributed by atoms with Gasteiger partial charge in [-0.25, -0.2) is 0 Å². The molecule has 2 aromatic rings. The predicted molar refractivity (Wildman–Crippen MR) is 64.0 cm³/mol. The normalized spacial score (nSPS) is 12.4. The van der Waals surface area contributed by atoms with E-state index in [2.05, 4.69) is 9.97 Å². The van der Waals surface area contributed by atoms with Crippen molar-refractivity contribution in [3.63, 3.8) is 0 Å². The Morgan fingerprint density at radius 1 is 1.12 bits per heavy atom.